The van der Waals surface area contributed by atoms with Gasteiger partial charge in [-0.1, -0.05) is 23.7 Å². The number of aryl methyl sites for hydroxylation is 2. The van der Waals surface area contributed by atoms with Gasteiger partial charge in [-0.25, -0.2) is 0 Å². The molecule has 0 amide bonds. The van der Waals surface area contributed by atoms with Crippen molar-refractivity contribution in [1.82, 2.24) is 5.32 Å². The second-order valence-corrected chi connectivity index (χ2v) is 5.07. The van der Waals surface area contributed by atoms with E-state index >= 15 is 0 Å². The molecular weight excluding hydrogens is 258 g/mol. The quantitative estimate of drug-likeness (QED) is 0.889. The third-order valence-electron chi connectivity index (χ3n) is 3.06. The number of hydrogen-bond acceptors (Lipinski definition) is 2. The molecule has 0 aliphatic heterocycles. The lowest BCUT2D eigenvalue weighted by Crippen LogP contribution is -2.06. The largest absolute Gasteiger partial charge is 0.457 e. The summed E-state index contributed by atoms with van der Waals surface area (Å²) < 4.78 is 5.90. The monoisotopic (exact) mass is 275 g/mol. The smallest absolute Gasteiger partial charge is 0.131 e. The Bertz CT molecular complexity index is 581. The highest BCUT2D eigenvalue weighted by atomic mass is 35.5. The summed E-state index contributed by atoms with van der Waals surface area (Å²) in [7, 11) is 1.94. The molecule has 0 heterocycles. The minimum Gasteiger partial charge on any atom is -0.457 e. The fourth-order valence-corrected chi connectivity index (χ4v) is 2.09. The molecule has 0 bridgehead atoms. The van der Waals surface area contributed by atoms with Crippen molar-refractivity contribution < 1.29 is 4.74 Å². The molecule has 0 radical (unpaired) electrons. The minimum atomic E-state index is 0.684. The first-order valence-electron chi connectivity index (χ1n) is 6.28. The van der Waals surface area contributed by atoms with E-state index in [1.54, 1.807) is 0 Å². The zero-order valence-electron chi connectivity index (χ0n) is 11.5. The Morgan fingerprint density at radius 1 is 1.05 bits per heavy atom. The summed E-state index contributed by atoms with van der Waals surface area (Å²) in [4.78, 5) is 0. The summed E-state index contributed by atoms with van der Waals surface area (Å²) in [6.07, 6.45) is 0. The highest BCUT2D eigenvalue weighted by Crippen LogP contribution is 2.29. The van der Waals surface area contributed by atoms with Crippen LogP contribution in [-0.4, -0.2) is 7.05 Å². The number of halogens is 1. The first-order valence-corrected chi connectivity index (χ1v) is 6.66. The van der Waals surface area contributed by atoms with Gasteiger partial charge in [-0.15, -0.1) is 0 Å². The molecule has 0 aromatic heterocycles. The molecule has 19 heavy (non-hydrogen) atoms. The van der Waals surface area contributed by atoms with E-state index in [1.165, 1.54) is 11.1 Å². The number of nitrogens with one attached hydrogen (secondary N) is 1. The molecule has 0 saturated heterocycles. The van der Waals surface area contributed by atoms with Crippen molar-refractivity contribution in [3.8, 4) is 11.5 Å². The van der Waals surface area contributed by atoms with Crippen molar-refractivity contribution in [2.45, 2.75) is 20.4 Å². The Morgan fingerprint density at radius 3 is 2.53 bits per heavy atom. The van der Waals surface area contributed by atoms with Crippen LogP contribution in [0.25, 0.3) is 0 Å². The summed E-state index contributed by atoms with van der Waals surface area (Å²) in [5, 5.41) is 3.84. The lowest BCUT2D eigenvalue weighted by molar-refractivity contribution is 0.478. The fourth-order valence-electron chi connectivity index (χ4n) is 1.93. The molecule has 2 aromatic carbocycles. The SMILES string of the molecule is CNCc1ccc(Oc2cc(Cl)ccc2C)cc1C. The molecule has 0 unspecified atom stereocenters. The lowest BCUT2D eigenvalue weighted by Gasteiger charge is -2.11. The molecule has 0 aliphatic rings. The second-order valence-electron chi connectivity index (χ2n) is 4.63. The number of benzene rings is 2. The van der Waals surface area contributed by atoms with Crippen molar-refractivity contribution in [2.75, 3.05) is 7.05 Å². The maximum atomic E-state index is 5.99. The van der Waals surface area contributed by atoms with Crippen LogP contribution < -0.4 is 10.1 Å². The average molecular weight is 276 g/mol. The van der Waals surface area contributed by atoms with Gasteiger partial charge in [0, 0.05) is 11.6 Å². The van der Waals surface area contributed by atoms with Crippen LogP contribution in [-0.2, 0) is 6.54 Å². The van der Waals surface area contributed by atoms with Crippen molar-refractivity contribution >= 4 is 11.6 Å². The Kier molecular flexibility index (Phi) is 4.46. The van der Waals surface area contributed by atoms with Gasteiger partial charge in [-0.3, -0.25) is 0 Å². The Hall–Kier alpha value is -1.51. The van der Waals surface area contributed by atoms with Crippen LogP contribution in [0.1, 0.15) is 16.7 Å². The Labute approximate surface area is 119 Å². The van der Waals surface area contributed by atoms with Crippen molar-refractivity contribution in [3.05, 3.63) is 58.1 Å². The third-order valence-corrected chi connectivity index (χ3v) is 3.29. The maximum absolute atomic E-state index is 5.99. The maximum Gasteiger partial charge on any atom is 0.131 e. The van der Waals surface area contributed by atoms with E-state index in [4.69, 9.17) is 16.3 Å². The summed E-state index contributed by atoms with van der Waals surface area (Å²) in [5.74, 6) is 1.64. The molecule has 0 fully saturated rings. The van der Waals surface area contributed by atoms with Gasteiger partial charge in [0.15, 0.2) is 0 Å². The zero-order valence-corrected chi connectivity index (χ0v) is 12.2. The fraction of sp³-hybridized carbons (Fsp3) is 0.250. The van der Waals surface area contributed by atoms with Gasteiger partial charge < -0.3 is 10.1 Å². The Balaban J connectivity index is 2.24. The highest BCUT2D eigenvalue weighted by molar-refractivity contribution is 6.30. The van der Waals surface area contributed by atoms with Crippen LogP contribution in [0, 0.1) is 13.8 Å². The number of hydrogen-bond donors (Lipinski definition) is 1. The van der Waals surface area contributed by atoms with Crippen molar-refractivity contribution in [2.24, 2.45) is 0 Å². The normalized spacial score (nSPS) is 10.5. The molecule has 0 saturated carbocycles. The average Bonchev–Trinajstić information content (AvgIpc) is 2.37. The van der Waals surface area contributed by atoms with Crippen LogP contribution in [0.3, 0.4) is 0 Å². The molecule has 1 N–H and O–H groups in total. The molecule has 0 aliphatic carbocycles. The van der Waals surface area contributed by atoms with Crippen LogP contribution in [0.2, 0.25) is 5.02 Å². The van der Waals surface area contributed by atoms with Crippen LogP contribution in [0.5, 0.6) is 11.5 Å². The molecule has 0 spiro atoms. The third kappa shape index (κ3) is 3.49. The van der Waals surface area contributed by atoms with Gasteiger partial charge in [-0.2, -0.15) is 0 Å². The van der Waals surface area contributed by atoms with E-state index in [2.05, 4.69) is 18.3 Å². The zero-order chi connectivity index (χ0) is 13.8. The van der Waals surface area contributed by atoms with E-state index in [-0.39, 0.29) is 0 Å². The Morgan fingerprint density at radius 2 is 1.84 bits per heavy atom. The van der Waals surface area contributed by atoms with Crippen LogP contribution in [0.4, 0.5) is 0 Å². The number of ether oxygens (including phenoxy) is 1. The first-order chi connectivity index (χ1) is 9.10. The topological polar surface area (TPSA) is 21.3 Å². The van der Waals surface area contributed by atoms with Crippen LogP contribution in [0.15, 0.2) is 36.4 Å². The first kappa shape index (κ1) is 13.9. The van der Waals surface area contributed by atoms with Crippen LogP contribution >= 0.6 is 11.6 Å². The van der Waals surface area contributed by atoms with Crippen molar-refractivity contribution in [1.29, 1.82) is 0 Å². The molecule has 3 heteroatoms. The van der Waals surface area contributed by atoms with Gasteiger partial charge in [-0.05, 0) is 61.9 Å². The van der Waals surface area contributed by atoms with E-state index in [9.17, 15) is 0 Å². The summed E-state index contributed by atoms with van der Waals surface area (Å²) >= 11 is 5.99. The molecule has 2 aromatic rings. The van der Waals surface area contributed by atoms with Gasteiger partial charge in [0.25, 0.3) is 0 Å². The highest BCUT2D eigenvalue weighted by Gasteiger charge is 2.04. The summed E-state index contributed by atoms with van der Waals surface area (Å²) in [5.41, 5.74) is 3.56. The van der Waals surface area contributed by atoms with Gasteiger partial charge in [0.05, 0.1) is 0 Å². The standard InChI is InChI=1S/C16H18ClNO/c1-11-4-6-14(17)9-16(11)19-15-7-5-13(10-18-3)12(2)8-15/h4-9,18H,10H2,1-3H3. The van der Waals surface area contributed by atoms with E-state index < -0.39 is 0 Å². The predicted octanol–water partition coefficient (Wildman–Crippen LogP) is 4.47. The van der Waals surface area contributed by atoms with E-state index in [0.717, 1.165) is 23.6 Å². The molecule has 100 valence electrons. The molecule has 0 atom stereocenters. The van der Waals surface area contributed by atoms with Gasteiger partial charge in [0.2, 0.25) is 0 Å². The van der Waals surface area contributed by atoms with Crippen molar-refractivity contribution in [3.63, 3.8) is 0 Å². The van der Waals surface area contributed by atoms with E-state index in [1.807, 2.05) is 44.3 Å². The summed E-state index contributed by atoms with van der Waals surface area (Å²) in [6, 6.07) is 11.8. The van der Waals surface area contributed by atoms with Gasteiger partial charge in [0.1, 0.15) is 11.5 Å². The molecule has 2 rings (SSSR count). The molecule has 2 nitrogen and oxygen atoms in total. The molecular formula is C16H18ClNO. The number of rotatable bonds is 4. The summed E-state index contributed by atoms with van der Waals surface area (Å²) in [6.45, 7) is 4.96. The minimum absolute atomic E-state index is 0.684. The second kappa shape index (κ2) is 6.09. The van der Waals surface area contributed by atoms with Gasteiger partial charge >= 0.3 is 0 Å². The lowest BCUT2D eigenvalue weighted by atomic mass is 10.1. The predicted molar refractivity (Wildman–Crippen MR) is 80.2 cm³/mol. The van der Waals surface area contributed by atoms with E-state index in [0.29, 0.717) is 5.02 Å².